The summed E-state index contributed by atoms with van der Waals surface area (Å²) >= 11 is 3.49. The van der Waals surface area contributed by atoms with Crippen LogP contribution in [0.4, 0.5) is 5.69 Å². The maximum Gasteiger partial charge on any atom is 0.0507 e. The first-order valence-electron chi connectivity index (χ1n) is 6.39. The van der Waals surface area contributed by atoms with Crippen LogP contribution < -0.4 is 11.1 Å². The topological polar surface area (TPSA) is 38.0 Å². The Hall–Kier alpha value is -1.32. The van der Waals surface area contributed by atoms with E-state index in [1.807, 2.05) is 18.2 Å². The third-order valence-corrected chi connectivity index (χ3v) is 3.65. The van der Waals surface area contributed by atoms with Gasteiger partial charge in [0.25, 0.3) is 0 Å². The van der Waals surface area contributed by atoms with E-state index in [0.717, 1.165) is 16.6 Å². The van der Waals surface area contributed by atoms with Crippen LogP contribution >= 0.6 is 15.9 Å². The van der Waals surface area contributed by atoms with Gasteiger partial charge in [0.05, 0.1) is 5.54 Å². The number of halogens is 1. The first kappa shape index (κ1) is 14.1. The molecule has 0 spiro atoms. The Balaban J connectivity index is 2.14. The fourth-order valence-corrected chi connectivity index (χ4v) is 2.53. The molecule has 2 rings (SSSR count). The zero-order chi connectivity index (χ0) is 13.7. The fourth-order valence-electron chi connectivity index (χ4n) is 2.13. The van der Waals surface area contributed by atoms with Crippen LogP contribution in [0.25, 0.3) is 0 Å². The van der Waals surface area contributed by atoms with Gasteiger partial charge in [-0.3, -0.25) is 0 Å². The minimum Gasteiger partial charge on any atom is -0.378 e. The normalized spacial score (nSPS) is 13.8. The molecule has 0 bridgehead atoms. The third-order valence-electron chi connectivity index (χ3n) is 3.16. The summed E-state index contributed by atoms with van der Waals surface area (Å²) in [5.41, 5.74) is 8.19. The molecule has 1 atom stereocenters. The molecule has 0 heterocycles. The summed E-state index contributed by atoms with van der Waals surface area (Å²) in [5, 5.41) is 3.54. The van der Waals surface area contributed by atoms with E-state index < -0.39 is 0 Å². The zero-order valence-electron chi connectivity index (χ0n) is 11.1. The Morgan fingerprint density at radius 1 is 1.11 bits per heavy atom. The smallest absolute Gasteiger partial charge is 0.0507 e. The summed E-state index contributed by atoms with van der Waals surface area (Å²) in [4.78, 5) is 0. The molecular weight excluding hydrogens is 300 g/mol. The number of nitrogens with one attached hydrogen (secondary N) is 1. The molecule has 0 aliphatic heterocycles. The molecule has 3 heteroatoms. The monoisotopic (exact) mass is 318 g/mol. The minimum atomic E-state index is -0.151. The first-order valence-corrected chi connectivity index (χ1v) is 7.18. The van der Waals surface area contributed by atoms with Gasteiger partial charge in [0, 0.05) is 16.7 Å². The molecule has 2 aromatic rings. The Kier molecular flexibility index (Phi) is 4.61. The van der Waals surface area contributed by atoms with Crippen molar-refractivity contribution in [3.05, 3.63) is 64.6 Å². The Morgan fingerprint density at radius 3 is 2.47 bits per heavy atom. The third kappa shape index (κ3) is 4.08. The largest absolute Gasteiger partial charge is 0.378 e. The SMILES string of the molecule is CC(CN)(Cc1ccccc1)Nc1cccc(Br)c1. The lowest BCUT2D eigenvalue weighted by molar-refractivity contribution is 0.521. The molecule has 3 N–H and O–H groups in total. The highest BCUT2D eigenvalue weighted by Crippen LogP contribution is 2.22. The number of benzene rings is 2. The molecule has 100 valence electrons. The van der Waals surface area contributed by atoms with E-state index in [9.17, 15) is 0 Å². The van der Waals surface area contributed by atoms with Crippen LogP contribution in [0.2, 0.25) is 0 Å². The van der Waals surface area contributed by atoms with Crippen molar-refractivity contribution in [1.29, 1.82) is 0 Å². The van der Waals surface area contributed by atoms with Gasteiger partial charge in [0.15, 0.2) is 0 Å². The lowest BCUT2D eigenvalue weighted by atomic mass is 9.92. The summed E-state index contributed by atoms with van der Waals surface area (Å²) in [7, 11) is 0. The second-order valence-corrected chi connectivity index (χ2v) is 5.98. The second kappa shape index (κ2) is 6.22. The van der Waals surface area contributed by atoms with Crippen molar-refractivity contribution in [2.24, 2.45) is 5.73 Å². The summed E-state index contributed by atoms with van der Waals surface area (Å²) in [6.07, 6.45) is 0.900. The predicted octanol–water partition coefficient (Wildman–Crippen LogP) is 3.82. The number of rotatable bonds is 5. The standard InChI is InChI=1S/C16H19BrN2/c1-16(12-18,11-13-6-3-2-4-7-13)19-15-9-5-8-14(17)10-15/h2-10,19H,11-12,18H2,1H3. The lowest BCUT2D eigenvalue weighted by Gasteiger charge is -2.31. The molecule has 0 saturated carbocycles. The summed E-state index contributed by atoms with van der Waals surface area (Å²) in [6, 6.07) is 18.6. The molecule has 0 fully saturated rings. The molecule has 2 nitrogen and oxygen atoms in total. The highest BCUT2D eigenvalue weighted by molar-refractivity contribution is 9.10. The molecule has 0 aromatic heterocycles. The van der Waals surface area contributed by atoms with Crippen LogP contribution in [0.15, 0.2) is 59.1 Å². The van der Waals surface area contributed by atoms with Crippen molar-refractivity contribution >= 4 is 21.6 Å². The maximum atomic E-state index is 5.97. The molecule has 0 amide bonds. The quantitative estimate of drug-likeness (QED) is 0.879. The minimum absolute atomic E-state index is 0.151. The van der Waals surface area contributed by atoms with E-state index in [0.29, 0.717) is 6.54 Å². The van der Waals surface area contributed by atoms with Crippen molar-refractivity contribution in [3.63, 3.8) is 0 Å². The van der Waals surface area contributed by atoms with Crippen LogP contribution in [0.1, 0.15) is 12.5 Å². The van der Waals surface area contributed by atoms with Gasteiger partial charge < -0.3 is 11.1 Å². The van der Waals surface area contributed by atoms with Crippen molar-refractivity contribution in [3.8, 4) is 0 Å². The van der Waals surface area contributed by atoms with E-state index in [1.165, 1.54) is 5.56 Å². The van der Waals surface area contributed by atoms with E-state index in [1.54, 1.807) is 0 Å². The van der Waals surface area contributed by atoms with Crippen molar-refractivity contribution in [2.75, 3.05) is 11.9 Å². The average Bonchev–Trinajstić information content (AvgIpc) is 2.40. The van der Waals surface area contributed by atoms with E-state index in [2.05, 4.69) is 64.6 Å². The Morgan fingerprint density at radius 2 is 1.84 bits per heavy atom. The highest BCUT2D eigenvalue weighted by Gasteiger charge is 2.22. The highest BCUT2D eigenvalue weighted by atomic mass is 79.9. The van der Waals surface area contributed by atoms with Crippen molar-refractivity contribution in [2.45, 2.75) is 18.9 Å². The van der Waals surface area contributed by atoms with Crippen LogP contribution in [-0.4, -0.2) is 12.1 Å². The van der Waals surface area contributed by atoms with Crippen LogP contribution in [-0.2, 0) is 6.42 Å². The molecule has 0 saturated heterocycles. The van der Waals surface area contributed by atoms with Crippen LogP contribution in [0.3, 0.4) is 0 Å². The van der Waals surface area contributed by atoms with Gasteiger partial charge in [-0.2, -0.15) is 0 Å². The van der Waals surface area contributed by atoms with Crippen LogP contribution in [0.5, 0.6) is 0 Å². The maximum absolute atomic E-state index is 5.97. The molecule has 2 aromatic carbocycles. The average molecular weight is 319 g/mol. The molecule has 19 heavy (non-hydrogen) atoms. The van der Waals surface area contributed by atoms with Gasteiger partial charge in [-0.1, -0.05) is 52.3 Å². The zero-order valence-corrected chi connectivity index (χ0v) is 12.7. The van der Waals surface area contributed by atoms with Gasteiger partial charge in [-0.05, 0) is 37.1 Å². The van der Waals surface area contributed by atoms with Gasteiger partial charge >= 0.3 is 0 Å². The molecule has 1 unspecified atom stereocenters. The molecule has 0 radical (unpaired) electrons. The van der Waals surface area contributed by atoms with E-state index >= 15 is 0 Å². The van der Waals surface area contributed by atoms with Gasteiger partial charge in [0.1, 0.15) is 0 Å². The number of anilines is 1. The van der Waals surface area contributed by atoms with Crippen molar-refractivity contribution < 1.29 is 0 Å². The lowest BCUT2D eigenvalue weighted by Crippen LogP contribution is -2.44. The van der Waals surface area contributed by atoms with Crippen molar-refractivity contribution in [1.82, 2.24) is 0 Å². The predicted molar refractivity (Wildman–Crippen MR) is 85.4 cm³/mol. The Labute approximate surface area is 123 Å². The first-order chi connectivity index (χ1) is 9.11. The molecular formula is C16H19BrN2. The summed E-state index contributed by atoms with van der Waals surface area (Å²) in [6.45, 7) is 2.73. The van der Waals surface area contributed by atoms with Gasteiger partial charge in [0.2, 0.25) is 0 Å². The van der Waals surface area contributed by atoms with E-state index in [-0.39, 0.29) is 5.54 Å². The molecule has 0 aliphatic carbocycles. The van der Waals surface area contributed by atoms with Crippen LogP contribution in [0, 0.1) is 0 Å². The van der Waals surface area contributed by atoms with Gasteiger partial charge in [-0.25, -0.2) is 0 Å². The van der Waals surface area contributed by atoms with E-state index in [4.69, 9.17) is 5.73 Å². The molecule has 0 aliphatic rings. The van der Waals surface area contributed by atoms with Gasteiger partial charge in [-0.15, -0.1) is 0 Å². The Bertz CT molecular complexity index is 527. The summed E-state index contributed by atoms with van der Waals surface area (Å²) in [5.74, 6) is 0. The number of nitrogens with two attached hydrogens (primary N) is 1. The second-order valence-electron chi connectivity index (χ2n) is 5.06. The summed E-state index contributed by atoms with van der Waals surface area (Å²) < 4.78 is 1.07. The number of hydrogen-bond acceptors (Lipinski definition) is 2. The fraction of sp³-hybridized carbons (Fsp3) is 0.250. The number of hydrogen-bond donors (Lipinski definition) is 2.